The number of hydrogen-bond donors (Lipinski definition) is 3. The van der Waals surface area contributed by atoms with E-state index in [0.29, 0.717) is 24.9 Å². The third-order valence-corrected chi connectivity index (χ3v) is 3.92. The van der Waals surface area contributed by atoms with Gasteiger partial charge in [-0.15, -0.1) is 0 Å². The Bertz CT molecular complexity index is 259. The maximum Gasteiger partial charge on any atom is 0.222 e. The Balaban J connectivity index is 1.80. The van der Waals surface area contributed by atoms with Crippen LogP contribution in [0.5, 0.6) is 0 Å². The van der Waals surface area contributed by atoms with Crippen molar-refractivity contribution in [3.63, 3.8) is 0 Å². The molecule has 16 heavy (non-hydrogen) atoms. The van der Waals surface area contributed by atoms with Crippen LogP contribution in [0.3, 0.4) is 0 Å². The van der Waals surface area contributed by atoms with Gasteiger partial charge in [0, 0.05) is 19.0 Å². The van der Waals surface area contributed by atoms with Crippen molar-refractivity contribution in [1.82, 2.24) is 10.6 Å². The molecule has 0 aromatic heterocycles. The van der Waals surface area contributed by atoms with Gasteiger partial charge in [-0.3, -0.25) is 4.79 Å². The topological polar surface area (TPSA) is 67.1 Å². The minimum Gasteiger partial charge on any atom is -0.349 e. The van der Waals surface area contributed by atoms with Gasteiger partial charge in [-0.1, -0.05) is 0 Å². The van der Waals surface area contributed by atoms with Crippen molar-refractivity contribution in [3.05, 3.63) is 0 Å². The number of rotatable bonds is 5. The third kappa shape index (κ3) is 2.74. The molecule has 92 valence electrons. The van der Waals surface area contributed by atoms with Gasteiger partial charge >= 0.3 is 0 Å². The fourth-order valence-electron chi connectivity index (χ4n) is 2.56. The summed E-state index contributed by atoms with van der Waals surface area (Å²) in [6, 6.07) is 0.376. The van der Waals surface area contributed by atoms with Gasteiger partial charge < -0.3 is 16.4 Å². The summed E-state index contributed by atoms with van der Waals surface area (Å²) in [5.41, 5.74) is 5.60. The average Bonchev–Trinajstić information content (AvgIpc) is 3.00. The van der Waals surface area contributed by atoms with E-state index in [1.54, 1.807) is 0 Å². The van der Waals surface area contributed by atoms with Crippen LogP contribution < -0.4 is 16.4 Å². The highest BCUT2D eigenvalue weighted by atomic mass is 16.1. The molecule has 4 heteroatoms. The molecule has 1 saturated carbocycles. The summed E-state index contributed by atoms with van der Waals surface area (Å²) in [6.45, 7) is 3.67. The maximum atomic E-state index is 11.9. The standard InChI is InChI=1S/C12H23N3O/c1-12(8-13,9-4-5-9)15-11(16)7-10-3-2-6-14-10/h9-10,14H,2-8,13H2,1H3,(H,15,16). The SMILES string of the molecule is CC(CN)(NC(=O)CC1CCCN1)C1CC1. The van der Waals surface area contributed by atoms with Crippen LogP contribution in [0.25, 0.3) is 0 Å². The third-order valence-electron chi connectivity index (χ3n) is 3.92. The molecule has 2 unspecified atom stereocenters. The second-order valence-corrected chi connectivity index (χ2v) is 5.44. The fraction of sp³-hybridized carbons (Fsp3) is 0.917. The minimum atomic E-state index is -0.171. The van der Waals surface area contributed by atoms with Crippen molar-refractivity contribution in [2.75, 3.05) is 13.1 Å². The van der Waals surface area contributed by atoms with Gasteiger partial charge in [0.15, 0.2) is 0 Å². The van der Waals surface area contributed by atoms with Crippen molar-refractivity contribution < 1.29 is 4.79 Å². The molecule has 2 rings (SSSR count). The molecule has 2 fully saturated rings. The molecule has 0 aromatic carbocycles. The highest BCUT2D eigenvalue weighted by Crippen LogP contribution is 2.39. The van der Waals surface area contributed by atoms with E-state index in [0.717, 1.165) is 13.0 Å². The van der Waals surface area contributed by atoms with E-state index in [4.69, 9.17) is 5.73 Å². The lowest BCUT2D eigenvalue weighted by molar-refractivity contribution is -0.123. The molecule has 0 radical (unpaired) electrons. The number of carbonyl (C=O) groups excluding carboxylic acids is 1. The highest BCUT2D eigenvalue weighted by Gasteiger charge is 2.41. The lowest BCUT2D eigenvalue weighted by Gasteiger charge is -2.30. The van der Waals surface area contributed by atoms with Crippen LogP contribution in [0.15, 0.2) is 0 Å². The molecule has 0 bridgehead atoms. The number of carbonyl (C=O) groups is 1. The Morgan fingerprint density at radius 3 is 2.75 bits per heavy atom. The zero-order chi connectivity index (χ0) is 11.6. The smallest absolute Gasteiger partial charge is 0.222 e. The van der Waals surface area contributed by atoms with Crippen molar-refractivity contribution >= 4 is 5.91 Å². The number of nitrogens with one attached hydrogen (secondary N) is 2. The van der Waals surface area contributed by atoms with E-state index in [1.807, 2.05) is 0 Å². The zero-order valence-electron chi connectivity index (χ0n) is 10.1. The van der Waals surface area contributed by atoms with Gasteiger partial charge in [-0.05, 0) is 45.1 Å². The van der Waals surface area contributed by atoms with Gasteiger partial charge in [0.25, 0.3) is 0 Å². The zero-order valence-corrected chi connectivity index (χ0v) is 10.1. The van der Waals surface area contributed by atoms with Gasteiger partial charge in [-0.25, -0.2) is 0 Å². The van der Waals surface area contributed by atoms with Gasteiger partial charge in [0.05, 0.1) is 5.54 Å². The summed E-state index contributed by atoms with van der Waals surface area (Å²) in [4.78, 5) is 11.9. The molecule has 1 saturated heterocycles. The van der Waals surface area contributed by atoms with Crippen LogP contribution in [0.2, 0.25) is 0 Å². The van der Waals surface area contributed by atoms with Crippen LogP contribution in [0.1, 0.15) is 39.0 Å². The summed E-state index contributed by atoms with van der Waals surface area (Å²) in [7, 11) is 0. The van der Waals surface area contributed by atoms with Crippen molar-refractivity contribution in [3.8, 4) is 0 Å². The maximum absolute atomic E-state index is 11.9. The largest absolute Gasteiger partial charge is 0.349 e. The summed E-state index contributed by atoms with van der Waals surface area (Å²) >= 11 is 0. The second kappa shape index (κ2) is 4.72. The molecule has 4 N–H and O–H groups in total. The van der Waals surface area contributed by atoms with E-state index >= 15 is 0 Å². The summed E-state index contributed by atoms with van der Waals surface area (Å²) < 4.78 is 0. The second-order valence-electron chi connectivity index (χ2n) is 5.44. The first-order chi connectivity index (χ1) is 7.64. The fourth-order valence-corrected chi connectivity index (χ4v) is 2.56. The molecule has 4 nitrogen and oxygen atoms in total. The van der Waals surface area contributed by atoms with Crippen molar-refractivity contribution in [2.45, 2.75) is 50.6 Å². The predicted molar refractivity (Wildman–Crippen MR) is 64.0 cm³/mol. The quantitative estimate of drug-likeness (QED) is 0.633. The summed E-state index contributed by atoms with van der Waals surface area (Å²) in [5, 5.41) is 6.47. The van der Waals surface area contributed by atoms with E-state index < -0.39 is 0 Å². The lowest BCUT2D eigenvalue weighted by Crippen LogP contribution is -2.53. The molecule has 0 aromatic rings. The van der Waals surface area contributed by atoms with Crippen LogP contribution in [-0.4, -0.2) is 30.6 Å². The molecule has 2 aliphatic rings. The first kappa shape index (κ1) is 11.9. The van der Waals surface area contributed by atoms with Crippen LogP contribution in [0, 0.1) is 5.92 Å². The Labute approximate surface area is 97.3 Å². The van der Waals surface area contributed by atoms with Gasteiger partial charge in [-0.2, -0.15) is 0 Å². The van der Waals surface area contributed by atoms with Crippen molar-refractivity contribution in [2.24, 2.45) is 11.7 Å². The number of amides is 1. The van der Waals surface area contributed by atoms with Crippen LogP contribution in [-0.2, 0) is 4.79 Å². The van der Waals surface area contributed by atoms with Crippen LogP contribution in [0.4, 0.5) is 0 Å². The first-order valence-electron chi connectivity index (χ1n) is 6.38. The molecule has 2 atom stereocenters. The Morgan fingerprint density at radius 1 is 1.50 bits per heavy atom. The van der Waals surface area contributed by atoms with Gasteiger partial charge in [0.2, 0.25) is 5.91 Å². The Kier molecular flexibility index (Phi) is 3.50. The lowest BCUT2D eigenvalue weighted by atomic mass is 9.95. The summed E-state index contributed by atoms with van der Waals surface area (Å²) in [6.07, 6.45) is 5.32. The van der Waals surface area contributed by atoms with E-state index in [2.05, 4.69) is 17.6 Å². The molecule has 0 spiro atoms. The van der Waals surface area contributed by atoms with Crippen molar-refractivity contribution in [1.29, 1.82) is 0 Å². The first-order valence-corrected chi connectivity index (χ1v) is 6.38. The van der Waals surface area contributed by atoms with E-state index in [9.17, 15) is 4.79 Å². The molecule has 1 aliphatic carbocycles. The van der Waals surface area contributed by atoms with Gasteiger partial charge in [0.1, 0.15) is 0 Å². The Hall–Kier alpha value is -0.610. The van der Waals surface area contributed by atoms with E-state index in [1.165, 1.54) is 19.3 Å². The minimum absolute atomic E-state index is 0.152. The Morgan fingerprint density at radius 2 is 2.25 bits per heavy atom. The normalized spacial score (nSPS) is 28.8. The predicted octanol–water partition coefficient (Wildman–Crippen LogP) is 0.372. The average molecular weight is 225 g/mol. The number of hydrogen-bond acceptors (Lipinski definition) is 3. The monoisotopic (exact) mass is 225 g/mol. The molecular formula is C12H23N3O. The summed E-state index contributed by atoms with van der Waals surface area (Å²) in [5.74, 6) is 0.747. The highest BCUT2D eigenvalue weighted by molar-refractivity contribution is 5.77. The number of nitrogens with two attached hydrogens (primary N) is 1. The molecule has 1 aliphatic heterocycles. The molecule has 1 heterocycles. The molecular weight excluding hydrogens is 202 g/mol. The van der Waals surface area contributed by atoms with Crippen LogP contribution >= 0.6 is 0 Å². The van der Waals surface area contributed by atoms with E-state index in [-0.39, 0.29) is 11.4 Å². The molecule has 1 amide bonds.